The Kier molecular flexibility index (Phi) is 8.12. The summed E-state index contributed by atoms with van der Waals surface area (Å²) in [5.41, 5.74) is 3.70. The van der Waals surface area contributed by atoms with Crippen LogP contribution in [0.25, 0.3) is 0 Å². The molecule has 0 saturated carbocycles. The van der Waals surface area contributed by atoms with E-state index in [0.717, 1.165) is 31.7 Å². The van der Waals surface area contributed by atoms with Crippen LogP contribution in [0.15, 0.2) is 126 Å². The van der Waals surface area contributed by atoms with E-state index >= 15 is 0 Å². The Hall–Kier alpha value is -3.29. The summed E-state index contributed by atoms with van der Waals surface area (Å²) in [6.45, 7) is 3.81. The van der Waals surface area contributed by atoms with Crippen molar-refractivity contribution in [1.29, 1.82) is 0 Å². The largest absolute Gasteiger partial charge is 0.292 e. The molecule has 0 unspecified atom stereocenters. The van der Waals surface area contributed by atoms with E-state index in [1.54, 1.807) is 24.3 Å². The van der Waals surface area contributed by atoms with Gasteiger partial charge in [0.2, 0.25) is 10.0 Å². The van der Waals surface area contributed by atoms with E-state index in [2.05, 4.69) is 87.3 Å². The van der Waals surface area contributed by atoms with Gasteiger partial charge in [-0.25, -0.2) is 13.1 Å². The SMILES string of the molecule is O=S(=O)(NC[C@@H](c1ccccc1)N1CCN(C(c2ccccc2)c2ccccc2)CC1)c1ccccc1. The molecule has 5 nitrogen and oxygen atoms in total. The minimum absolute atomic E-state index is 0.0475. The number of hydrogen-bond donors (Lipinski definition) is 1. The number of nitrogens with zero attached hydrogens (tertiary/aromatic N) is 2. The summed E-state index contributed by atoms with van der Waals surface area (Å²) in [7, 11) is -3.59. The molecule has 1 atom stereocenters. The average Bonchev–Trinajstić information content (AvgIpc) is 2.96. The average molecular weight is 512 g/mol. The zero-order valence-corrected chi connectivity index (χ0v) is 21.7. The number of nitrogens with one attached hydrogen (secondary N) is 1. The van der Waals surface area contributed by atoms with Crippen LogP contribution in [0.1, 0.15) is 28.8 Å². The van der Waals surface area contributed by atoms with Gasteiger partial charge in [-0.15, -0.1) is 0 Å². The smallest absolute Gasteiger partial charge is 0.240 e. The molecule has 0 radical (unpaired) electrons. The summed E-state index contributed by atoms with van der Waals surface area (Å²) in [6, 6.07) is 40.3. The van der Waals surface area contributed by atoms with Gasteiger partial charge in [-0.05, 0) is 28.8 Å². The molecule has 1 heterocycles. The molecule has 1 fully saturated rings. The molecule has 5 rings (SSSR count). The Morgan fingerprint density at radius 3 is 1.46 bits per heavy atom. The molecule has 0 amide bonds. The monoisotopic (exact) mass is 511 g/mol. The van der Waals surface area contributed by atoms with Crippen molar-refractivity contribution in [3.63, 3.8) is 0 Å². The second-order valence-corrected chi connectivity index (χ2v) is 11.2. The van der Waals surface area contributed by atoms with Crippen LogP contribution in [-0.4, -0.2) is 50.9 Å². The zero-order valence-electron chi connectivity index (χ0n) is 20.9. The van der Waals surface area contributed by atoms with E-state index < -0.39 is 10.0 Å². The predicted molar refractivity (Wildman–Crippen MR) is 149 cm³/mol. The third-order valence-corrected chi connectivity index (χ3v) is 8.53. The van der Waals surface area contributed by atoms with E-state index in [1.165, 1.54) is 11.1 Å². The molecule has 4 aromatic rings. The van der Waals surface area contributed by atoms with Crippen molar-refractivity contribution >= 4 is 10.0 Å². The standard InChI is InChI=1S/C31H33N3O2S/c35-37(36,29-19-11-4-12-20-29)32-25-30(26-13-5-1-6-14-26)33-21-23-34(24-22-33)31(27-15-7-2-8-16-27)28-17-9-3-10-18-28/h1-20,30-32H,21-25H2/t30-/m0/s1. The summed E-state index contributed by atoms with van der Waals surface area (Å²) in [4.78, 5) is 5.24. The molecule has 0 aromatic heterocycles. The third-order valence-electron chi connectivity index (χ3n) is 7.09. The van der Waals surface area contributed by atoms with E-state index in [4.69, 9.17) is 0 Å². The van der Waals surface area contributed by atoms with Crippen LogP contribution in [0.2, 0.25) is 0 Å². The van der Waals surface area contributed by atoms with Gasteiger partial charge in [0.1, 0.15) is 0 Å². The van der Waals surface area contributed by atoms with Gasteiger partial charge < -0.3 is 0 Å². The van der Waals surface area contributed by atoms with E-state index in [1.807, 2.05) is 24.3 Å². The summed E-state index contributed by atoms with van der Waals surface area (Å²) >= 11 is 0. The number of piperazine rings is 1. The van der Waals surface area contributed by atoms with Crippen molar-refractivity contribution in [2.24, 2.45) is 0 Å². The molecule has 1 N–H and O–H groups in total. The highest BCUT2D eigenvalue weighted by atomic mass is 32.2. The maximum Gasteiger partial charge on any atom is 0.240 e. The topological polar surface area (TPSA) is 52.7 Å². The molecule has 190 valence electrons. The fraction of sp³-hybridized carbons (Fsp3) is 0.226. The van der Waals surface area contributed by atoms with Crippen LogP contribution in [0.5, 0.6) is 0 Å². The lowest BCUT2D eigenvalue weighted by molar-refractivity contribution is 0.0796. The molecule has 0 aliphatic carbocycles. The molecule has 1 aliphatic rings. The lowest BCUT2D eigenvalue weighted by Gasteiger charge is -2.43. The first kappa shape index (κ1) is 25.4. The second kappa shape index (κ2) is 11.8. The van der Waals surface area contributed by atoms with Crippen LogP contribution in [0.3, 0.4) is 0 Å². The van der Waals surface area contributed by atoms with Crippen LogP contribution < -0.4 is 4.72 Å². The molecule has 6 heteroatoms. The van der Waals surface area contributed by atoms with Crippen LogP contribution in [0, 0.1) is 0 Å². The summed E-state index contributed by atoms with van der Waals surface area (Å²) in [5, 5.41) is 0. The number of sulfonamides is 1. The molecular weight excluding hydrogens is 478 g/mol. The number of benzene rings is 4. The second-order valence-electron chi connectivity index (χ2n) is 9.39. The van der Waals surface area contributed by atoms with Gasteiger partial charge in [0.15, 0.2) is 0 Å². The lowest BCUT2D eigenvalue weighted by atomic mass is 9.96. The third kappa shape index (κ3) is 6.17. The van der Waals surface area contributed by atoms with Gasteiger partial charge in [0.25, 0.3) is 0 Å². The predicted octanol–water partition coefficient (Wildman–Crippen LogP) is 5.11. The minimum Gasteiger partial charge on any atom is -0.292 e. The Morgan fingerprint density at radius 2 is 0.973 bits per heavy atom. The Bertz CT molecular complexity index is 1300. The Morgan fingerprint density at radius 1 is 0.568 bits per heavy atom. The quantitative estimate of drug-likeness (QED) is 0.339. The maximum atomic E-state index is 13.0. The molecule has 1 aliphatic heterocycles. The highest BCUT2D eigenvalue weighted by molar-refractivity contribution is 7.89. The van der Waals surface area contributed by atoms with Crippen LogP contribution in [0.4, 0.5) is 0 Å². The van der Waals surface area contributed by atoms with E-state index in [9.17, 15) is 8.42 Å². The number of rotatable bonds is 9. The minimum atomic E-state index is -3.59. The summed E-state index contributed by atoms with van der Waals surface area (Å²) in [5.74, 6) is 0. The first-order chi connectivity index (χ1) is 18.1. The molecule has 0 spiro atoms. The van der Waals surface area contributed by atoms with E-state index in [0.29, 0.717) is 11.4 Å². The first-order valence-corrected chi connectivity index (χ1v) is 14.3. The van der Waals surface area contributed by atoms with Crippen molar-refractivity contribution in [3.05, 3.63) is 138 Å². The summed E-state index contributed by atoms with van der Waals surface area (Å²) in [6.07, 6.45) is 0. The maximum absolute atomic E-state index is 13.0. The Balaban J connectivity index is 1.34. The van der Waals surface area contributed by atoms with Crippen molar-refractivity contribution in [2.45, 2.75) is 17.0 Å². The van der Waals surface area contributed by atoms with Crippen molar-refractivity contribution in [1.82, 2.24) is 14.5 Å². The highest BCUT2D eigenvalue weighted by Crippen LogP contribution is 2.31. The van der Waals surface area contributed by atoms with Crippen molar-refractivity contribution in [2.75, 3.05) is 32.7 Å². The van der Waals surface area contributed by atoms with Crippen molar-refractivity contribution < 1.29 is 8.42 Å². The molecule has 1 saturated heterocycles. The number of hydrogen-bond acceptors (Lipinski definition) is 4. The normalized spacial score (nSPS) is 16.0. The highest BCUT2D eigenvalue weighted by Gasteiger charge is 2.30. The van der Waals surface area contributed by atoms with Gasteiger partial charge in [-0.1, -0.05) is 109 Å². The Labute approximate surface area is 220 Å². The fourth-order valence-corrected chi connectivity index (χ4v) is 6.26. The van der Waals surface area contributed by atoms with E-state index in [-0.39, 0.29) is 12.1 Å². The lowest BCUT2D eigenvalue weighted by Crippen LogP contribution is -2.50. The van der Waals surface area contributed by atoms with Gasteiger partial charge in [-0.2, -0.15) is 0 Å². The van der Waals surface area contributed by atoms with Gasteiger partial charge in [0.05, 0.1) is 10.9 Å². The van der Waals surface area contributed by atoms with Crippen LogP contribution in [-0.2, 0) is 10.0 Å². The van der Waals surface area contributed by atoms with Gasteiger partial charge >= 0.3 is 0 Å². The van der Waals surface area contributed by atoms with Gasteiger partial charge in [-0.3, -0.25) is 9.80 Å². The van der Waals surface area contributed by atoms with Crippen LogP contribution >= 0.6 is 0 Å². The van der Waals surface area contributed by atoms with Crippen molar-refractivity contribution in [3.8, 4) is 0 Å². The first-order valence-electron chi connectivity index (χ1n) is 12.8. The molecule has 4 aromatic carbocycles. The molecule has 37 heavy (non-hydrogen) atoms. The molecule has 0 bridgehead atoms. The molecular formula is C31H33N3O2S. The summed E-state index contributed by atoms with van der Waals surface area (Å²) < 4.78 is 28.8. The van der Waals surface area contributed by atoms with Gasteiger partial charge in [0, 0.05) is 38.8 Å². The fourth-order valence-electron chi connectivity index (χ4n) is 5.20. The zero-order chi connectivity index (χ0) is 25.5.